The van der Waals surface area contributed by atoms with E-state index in [1.165, 1.54) is 18.9 Å². The summed E-state index contributed by atoms with van der Waals surface area (Å²) in [6.07, 6.45) is 3.09. The van der Waals surface area contributed by atoms with E-state index in [0.717, 1.165) is 45.2 Å². The minimum atomic E-state index is -0.535. The molecule has 1 atom stereocenters. The van der Waals surface area contributed by atoms with Crippen molar-refractivity contribution in [3.8, 4) is 0 Å². The SMILES string of the molecule is CC(C)N1CCC(N2CCN(Cc3ccc(F)cc3F)C[C@H]2CCO)CC1. The summed E-state index contributed by atoms with van der Waals surface area (Å²) in [7, 11) is 0. The predicted molar refractivity (Wildman–Crippen MR) is 104 cm³/mol. The summed E-state index contributed by atoms with van der Waals surface area (Å²) in [5.41, 5.74) is 0.540. The molecule has 6 heteroatoms. The normalized spacial score (nSPS) is 24.0. The van der Waals surface area contributed by atoms with Crippen molar-refractivity contribution in [2.24, 2.45) is 0 Å². The van der Waals surface area contributed by atoms with Crippen molar-refractivity contribution in [3.63, 3.8) is 0 Å². The Morgan fingerprint density at radius 1 is 1.11 bits per heavy atom. The Morgan fingerprint density at radius 3 is 2.48 bits per heavy atom. The molecule has 0 aliphatic carbocycles. The Balaban J connectivity index is 1.60. The molecule has 1 aromatic carbocycles. The number of nitrogens with zero attached hydrogens (tertiary/aromatic N) is 3. The number of aliphatic hydroxyl groups excluding tert-OH is 1. The Labute approximate surface area is 161 Å². The maximum atomic E-state index is 14.0. The van der Waals surface area contributed by atoms with Crippen molar-refractivity contribution in [2.75, 3.05) is 39.3 Å². The number of hydrogen-bond donors (Lipinski definition) is 1. The lowest BCUT2D eigenvalue weighted by Crippen LogP contribution is -2.58. The largest absolute Gasteiger partial charge is 0.396 e. The molecule has 2 fully saturated rings. The van der Waals surface area contributed by atoms with Gasteiger partial charge in [0.1, 0.15) is 11.6 Å². The molecule has 2 aliphatic rings. The summed E-state index contributed by atoms with van der Waals surface area (Å²) in [5, 5.41) is 9.55. The molecule has 0 bridgehead atoms. The van der Waals surface area contributed by atoms with Crippen molar-refractivity contribution in [2.45, 2.75) is 57.8 Å². The van der Waals surface area contributed by atoms with E-state index in [4.69, 9.17) is 0 Å². The van der Waals surface area contributed by atoms with Crippen LogP contribution >= 0.6 is 0 Å². The smallest absolute Gasteiger partial charge is 0.130 e. The van der Waals surface area contributed by atoms with Crippen LogP contribution in [0.5, 0.6) is 0 Å². The third kappa shape index (κ3) is 5.25. The summed E-state index contributed by atoms with van der Waals surface area (Å²) in [5.74, 6) is -1.01. The van der Waals surface area contributed by atoms with Crippen LogP contribution in [0.3, 0.4) is 0 Å². The first-order valence-electron chi connectivity index (χ1n) is 10.2. The average Bonchev–Trinajstić information content (AvgIpc) is 2.65. The first kappa shape index (κ1) is 20.6. The molecular formula is C21H33F2N3O. The minimum Gasteiger partial charge on any atom is -0.396 e. The van der Waals surface area contributed by atoms with Gasteiger partial charge in [-0.25, -0.2) is 8.78 Å². The lowest BCUT2D eigenvalue weighted by molar-refractivity contribution is -0.000294. The van der Waals surface area contributed by atoms with Gasteiger partial charge in [0.2, 0.25) is 0 Å². The molecule has 3 rings (SSSR count). The number of hydrogen-bond acceptors (Lipinski definition) is 4. The fourth-order valence-corrected chi connectivity index (χ4v) is 4.59. The van der Waals surface area contributed by atoms with Crippen LogP contribution in [0.15, 0.2) is 18.2 Å². The highest BCUT2D eigenvalue weighted by Gasteiger charge is 2.34. The van der Waals surface area contributed by atoms with Crippen LogP contribution in [0.25, 0.3) is 0 Å². The van der Waals surface area contributed by atoms with Gasteiger partial charge in [0.05, 0.1) is 0 Å². The van der Waals surface area contributed by atoms with E-state index in [1.54, 1.807) is 6.07 Å². The van der Waals surface area contributed by atoms with E-state index in [1.807, 2.05) is 0 Å². The van der Waals surface area contributed by atoms with Crippen molar-refractivity contribution in [1.82, 2.24) is 14.7 Å². The van der Waals surface area contributed by atoms with E-state index in [0.29, 0.717) is 30.2 Å². The molecule has 0 unspecified atom stereocenters. The molecule has 0 saturated carbocycles. The predicted octanol–water partition coefficient (Wildman–Crippen LogP) is 2.71. The number of piperazine rings is 1. The molecular weight excluding hydrogens is 348 g/mol. The number of benzene rings is 1. The molecule has 2 heterocycles. The van der Waals surface area contributed by atoms with Crippen LogP contribution in [0.1, 0.15) is 38.7 Å². The van der Waals surface area contributed by atoms with Gasteiger partial charge < -0.3 is 10.0 Å². The first-order chi connectivity index (χ1) is 13.0. The van der Waals surface area contributed by atoms with Gasteiger partial charge >= 0.3 is 0 Å². The second kappa shape index (κ2) is 9.41. The van der Waals surface area contributed by atoms with E-state index in [-0.39, 0.29) is 6.61 Å². The van der Waals surface area contributed by atoms with E-state index in [2.05, 4.69) is 28.5 Å². The second-order valence-electron chi connectivity index (χ2n) is 8.24. The van der Waals surface area contributed by atoms with Crippen LogP contribution in [0, 0.1) is 11.6 Å². The third-order valence-electron chi connectivity index (χ3n) is 6.18. The van der Waals surface area contributed by atoms with Crippen LogP contribution < -0.4 is 0 Å². The average molecular weight is 382 g/mol. The van der Waals surface area contributed by atoms with Crippen molar-refractivity contribution in [3.05, 3.63) is 35.4 Å². The second-order valence-corrected chi connectivity index (χ2v) is 8.24. The van der Waals surface area contributed by atoms with Gasteiger partial charge in [0, 0.05) is 62.5 Å². The molecule has 0 radical (unpaired) electrons. The molecule has 27 heavy (non-hydrogen) atoms. The van der Waals surface area contributed by atoms with Gasteiger partial charge in [-0.15, -0.1) is 0 Å². The quantitative estimate of drug-likeness (QED) is 0.821. The fraction of sp³-hybridized carbons (Fsp3) is 0.714. The molecule has 2 saturated heterocycles. The van der Waals surface area contributed by atoms with Crippen LogP contribution in [0.2, 0.25) is 0 Å². The molecule has 0 amide bonds. The molecule has 2 aliphatic heterocycles. The van der Waals surface area contributed by atoms with Crippen LogP contribution in [-0.2, 0) is 6.54 Å². The topological polar surface area (TPSA) is 30.0 Å². The molecule has 1 aromatic rings. The van der Waals surface area contributed by atoms with E-state index in [9.17, 15) is 13.9 Å². The molecule has 4 nitrogen and oxygen atoms in total. The number of aliphatic hydroxyl groups is 1. The lowest BCUT2D eigenvalue weighted by atomic mass is 9.97. The maximum Gasteiger partial charge on any atom is 0.130 e. The molecule has 1 N–H and O–H groups in total. The van der Waals surface area contributed by atoms with Gasteiger partial charge in [-0.1, -0.05) is 6.07 Å². The summed E-state index contributed by atoms with van der Waals surface area (Å²) in [6.45, 7) is 10.1. The van der Waals surface area contributed by atoms with Gasteiger partial charge in [-0.3, -0.25) is 9.80 Å². The number of rotatable bonds is 6. The Bertz CT molecular complexity index is 605. The zero-order valence-electron chi connectivity index (χ0n) is 16.6. The Hall–Kier alpha value is -1.08. The van der Waals surface area contributed by atoms with Gasteiger partial charge in [-0.05, 0) is 52.3 Å². The lowest BCUT2D eigenvalue weighted by Gasteiger charge is -2.48. The van der Waals surface area contributed by atoms with Gasteiger partial charge in [-0.2, -0.15) is 0 Å². The zero-order valence-corrected chi connectivity index (χ0v) is 16.6. The number of likely N-dealkylation sites (tertiary alicyclic amines) is 1. The molecule has 152 valence electrons. The summed E-state index contributed by atoms with van der Waals surface area (Å²) < 4.78 is 27.1. The highest BCUT2D eigenvalue weighted by molar-refractivity contribution is 5.18. The maximum absolute atomic E-state index is 14.0. The van der Waals surface area contributed by atoms with Gasteiger partial charge in [0.15, 0.2) is 0 Å². The molecule has 0 spiro atoms. The van der Waals surface area contributed by atoms with Crippen molar-refractivity contribution >= 4 is 0 Å². The summed E-state index contributed by atoms with van der Waals surface area (Å²) >= 11 is 0. The summed E-state index contributed by atoms with van der Waals surface area (Å²) in [4.78, 5) is 7.34. The van der Waals surface area contributed by atoms with Crippen LogP contribution in [-0.4, -0.2) is 77.3 Å². The fourth-order valence-electron chi connectivity index (χ4n) is 4.59. The van der Waals surface area contributed by atoms with Crippen LogP contribution in [0.4, 0.5) is 8.78 Å². The van der Waals surface area contributed by atoms with Crippen molar-refractivity contribution in [1.29, 1.82) is 0 Å². The van der Waals surface area contributed by atoms with E-state index >= 15 is 0 Å². The Kier molecular flexibility index (Phi) is 7.20. The summed E-state index contributed by atoms with van der Waals surface area (Å²) in [6, 6.07) is 5.28. The molecule has 0 aromatic heterocycles. The standard InChI is InChI=1S/C21H33F2N3O/c1-16(2)25-8-5-19(6-9-25)26-11-10-24(15-20(26)7-12-27)14-17-3-4-18(22)13-21(17)23/h3-4,13,16,19-20,27H,5-12,14-15H2,1-2H3/t20-/m1/s1. The van der Waals surface area contributed by atoms with E-state index < -0.39 is 11.6 Å². The Morgan fingerprint density at radius 2 is 1.85 bits per heavy atom. The monoisotopic (exact) mass is 381 g/mol. The van der Waals surface area contributed by atoms with Gasteiger partial charge in [0.25, 0.3) is 0 Å². The zero-order chi connectivity index (χ0) is 19.4. The minimum absolute atomic E-state index is 0.171. The highest BCUT2D eigenvalue weighted by Crippen LogP contribution is 2.25. The highest BCUT2D eigenvalue weighted by atomic mass is 19.1. The first-order valence-corrected chi connectivity index (χ1v) is 10.2. The van der Waals surface area contributed by atoms with Crippen molar-refractivity contribution < 1.29 is 13.9 Å². The third-order valence-corrected chi connectivity index (χ3v) is 6.18. The number of piperidine rings is 1. The number of halogens is 2.